The Labute approximate surface area is 136 Å². The maximum atomic E-state index is 12.3. The van der Waals surface area contributed by atoms with E-state index in [0.29, 0.717) is 24.5 Å². The monoisotopic (exact) mass is 339 g/mol. The lowest BCUT2D eigenvalue weighted by atomic mass is 10.2. The minimum Gasteiger partial charge on any atom is -0.341 e. The highest BCUT2D eigenvalue weighted by Crippen LogP contribution is 2.21. The lowest BCUT2D eigenvalue weighted by molar-refractivity contribution is -0.128. The van der Waals surface area contributed by atoms with Gasteiger partial charge in [0.05, 0.1) is 11.9 Å². The van der Waals surface area contributed by atoms with Crippen LogP contribution >= 0.6 is 0 Å². The van der Waals surface area contributed by atoms with E-state index in [1.807, 2.05) is 0 Å². The second-order valence-electron chi connectivity index (χ2n) is 5.59. The topological polar surface area (TPSA) is 86.8 Å². The molecule has 1 aromatic carbocycles. The van der Waals surface area contributed by atoms with Crippen LogP contribution in [0.3, 0.4) is 0 Å². The number of nitrogens with one attached hydrogen (secondary N) is 1. The maximum Gasteiger partial charge on any atom is 0.243 e. The molecule has 1 heterocycles. The van der Waals surface area contributed by atoms with E-state index >= 15 is 0 Å². The van der Waals surface area contributed by atoms with Crippen molar-refractivity contribution >= 4 is 33.2 Å². The Morgan fingerprint density at radius 1 is 1.17 bits per heavy atom. The SMILES string of the molecule is CC(=O)Nc1ccc(N(CC(=O)N2CCCC2)S(C)(=O)=O)cc1. The van der Waals surface area contributed by atoms with Crippen LogP contribution in [0.5, 0.6) is 0 Å². The average Bonchev–Trinajstić information content (AvgIpc) is 2.98. The molecule has 0 atom stereocenters. The molecule has 0 aliphatic carbocycles. The second-order valence-corrected chi connectivity index (χ2v) is 7.49. The van der Waals surface area contributed by atoms with Gasteiger partial charge in [-0.25, -0.2) is 8.42 Å². The van der Waals surface area contributed by atoms with Crippen molar-refractivity contribution in [3.05, 3.63) is 24.3 Å². The standard InChI is InChI=1S/C15H21N3O4S/c1-12(19)16-13-5-7-14(8-6-13)18(23(2,21)22)11-15(20)17-9-3-4-10-17/h5-8H,3-4,9-11H2,1-2H3,(H,16,19). The molecule has 23 heavy (non-hydrogen) atoms. The summed E-state index contributed by atoms with van der Waals surface area (Å²) in [5.74, 6) is -0.402. The first-order valence-corrected chi connectivity index (χ1v) is 9.25. The number of nitrogens with zero attached hydrogens (tertiary/aromatic N) is 2. The number of benzene rings is 1. The summed E-state index contributed by atoms with van der Waals surface area (Å²) in [6, 6.07) is 6.36. The number of anilines is 2. The molecule has 0 radical (unpaired) electrons. The third-order valence-corrected chi connectivity index (χ3v) is 4.75. The van der Waals surface area contributed by atoms with Gasteiger partial charge in [-0.05, 0) is 37.1 Å². The van der Waals surface area contributed by atoms with Gasteiger partial charge in [0.1, 0.15) is 6.54 Å². The van der Waals surface area contributed by atoms with Crippen LogP contribution in [0.4, 0.5) is 11.4 Å². The summed E-state index contributed by atoms with van der Waals surface area (Å²) in [4.78, 5) is 25.0. The Bertz CT molecular complexity index is 679. The van der Waals surface area contributed by atoms with Gasteiger partial charge >= 0.3 is 0 Å². The number of likely N-dealkylation sites (tertiary alicyclic amines) is 1. The summed E-state index contributed by atoms with van der Waals surface area (Å²) in [6.45, 7) is 2.54. The first kappa shape index (κ1) is 17.3. The summed E-state index contributed by atoms with van der Waals surface area (Å²) < 4.78 is 25.1. The Balaban J connectivity index is 2.18. The Hall–Kier alpha value is -2.09. The fourth-order valence-corrected chi connectivity index (χ4v) is 3.35. The Kier molecular flexibility index (Phi) is 5.25. The van der Waals surface area contributed by atoms with E-state index in [0.717, 1.165) is 23.4 Å². The third kappa shape index (κ3) is 4.69. The predicted octanol–water partition coefficient (Wildman–Crippen LogP) is 1.03. The Morgan fingerprint density at radius 3 is 2.22 bits per heavy atom. The number of carbonyl (C=O) groups is 2. The molecular formula is C15H21N3O4S. The van der Waals surface area contributed by atoms with Crippen LogP contribution in [0.1, 0.15) is 19.8 Å². The van der Waals surface area contributed by atoms with Gasteiger partial charge < -0.3 is 10.2 Å². The molecule has 2 rings (SSSR count). The van der Waals surface area contributed by atoms with Crippen molar-refractivity contribution in [2.24, 2.45) is 0 Å². The van der Waals surface area contributed by atoms with E-state index in [2.05, 4.69) is 5.32 Å². The summed E-state index contributed by atoms with van der Waals surface area (Å²) in [5, 5.41) is 2.61. The fourth-order valence-electron chi connectivity index (χ4n) is 2.50. The molecule has 1 fully saturated rings. The van der Waals surface area contributed by atoms with Crippen LogP contribution in [0.2, 0.25) is 0 Å². The lowest BCUT2D eigenvalue weighted by Gasteiger charge is -2.25. The second kappa shape index (κ2) is 6.99. The zero-order valence-electron chi connectivity index (χ0n) is 13.3. The predicted molar refractivity (Wildman–Crippen MR) is 88.7 cm³/mol. The van der Waals surface area contributed by atoms with E-state index in [-0.39, 0.29) is 18.4 Å². The number of rotatable bonds is 5. The van der Waals surface area contributed by atoms with E-state index in [4.69, 9.17) is 0 Å². The molecular weight excluding hydrogens is 318 g/mol. The molecule has 1 saturated heterocycles. The van der Waals surface area contributed by atoms with E-state index in [9.17, 15) is 18.0 Å². The van der Waals surface area contributed by atoms with E-state index in [1.165, 1.54) is 6.92 Å². The molecule has 1 aliphatic rings. The fraction of sp³-hybridized carbons (Fsp3) is 0.467. The summed E-state index contributed by atoms with van der Waals surface area (Å²) in [6.07, 6.45) is 2.98. The minimum atomic E-state index is -3.58. The quantitative estimate of drug-likeness (QED) is 0.868. The Morgan fingerprint density at radius 2 is 1.74 bits per heavy atom. The molecule has 8 heteroatoms. The van der Waals surface area contributed by atoms with Crippen LogP contribution in [0.15, 0.2) is 24.3 Å². The summed E-state index contributed by atoms with van der Waals surface area (Å²) >= 11 is 0. The van der Waals surface area contributed by atoms with Crippen molar-refractivity contribution in [1.29, 1.82) is 0 Å². The van der Waals surface area contributed by atoms with Crippen molar-refractivity contribution in [3.63, 3.8) is 0 Å². The van der Waals surface area contributed by atoms with Gasteiger partial charge in [0.2, 0.25) is 21.8 Å². The molecule has 0 aromatic heterocycles. The van der Waals surface area contributed by atoms with Crippen molar-refractivity contribution in [2.45, 2.75) is 19.8 Å². The normalized spacial score (nSPS) is 14.6. The number of carbonyl (C=O) groups excluding carboxylic acids is 2. The number of amides is 2. The van der Waals surface area contributed by atoms with Gasteiger partial charge in [-0.15, -0.1) is 0 Å². The van der Waals surface area contributed by atoms with Crippen LogP contribution in [0, 0.1) is 0 Å². The summed E-state index contributed by atoms with van der Waals surface area (Å²) in [5.41, 5.74) is 0.967. The largest absolute Gasteiger partial charge is 0.341 e. The maximum absolute atomic E-state index is 12.3. The molecule has 126 valence electrons. The number of hydrogen-bond donors (Lipinski definition) is 1. The van der Waals surface area contributed by atoms with Gasteiger partial charge in [-0.3, -0.25) is 13.9 Å². The van der Waals surface area contributed by atoms with Crippen LogP contribution in [-0.4, -0.2) is 51.0 Å². The van der Waals surface area contributed by atoms with Gasteiger partial charge in [0, 0.05) is 25.7 Å². The first-order chi connectivity index (χ1) is 10.8. The highest BCUT2D eigenvalue weighted by atomic mass is 32.2. The molecule has 1 aliphatic heterocycles. The number of hydrogen-bond acceptors (Lipinski definition) is 4. The number of sulfonamides is 1. The third-order valence-electron chi connectivity index (χ3n) is 3.61. The highest BCUT2D eigenvalue weighted by molar-refractivity contribution is 7.92. The molecule has 0 bridgehead atoms. The highest BCUT2D eigenvalue weighted by Gasteiger charge is 2.25. The van der Waals surface area contributed by atoms with Gasteiger partial charge in [0.25, 0.3) is 0 Å². The van der Waals surface area contributed by atoms with Crippen LogP contribution in [-0.2, 0) is 19.6 Å². The van der Waals surface area contributed by atoms with Crippen LogP contribution in [0.25, 0.3) is 0 Å². The van der Waals surface area contributed by atoms with E-state index in [1.54, 1.807) is 29.2 Å². The van der Waals surface area contributed by atoms with Crippen molar-refractivity contribution < 1.29 is 18.0 Å². The molecule has 7 nitrogen and oxygen atoms in total. The zero-order chi connectivity index (χ0) is 17.0. The zero-order valence-corrected chi connectivity index (χ0v) is 14.1. The molecule has 0 saturated carbocycles. The summed E-state index contributed by atoms with van der Waals surface area (Å²) in [7, 11) is -3.58. The molecule has 2 amide bonds. The first-order valence-electron chi connectivity index (χ1n) is 7.40. The van der Waals surface area contributed by atoms with Crippen molar-refractivity contribution in [3.8, 4) is 0 Å². The van der Waals surface area contributed by atoms with Crippen molar-refractivity contribution in [2.75, 3.05) is 35.5 Å². The smallest absolute Gasteiger partial charge is 0.243 e. The minimum absolute atomic E-state index is 0.195. The van der Waals surface area contributed by atoms with Crippen molar-refractivity contribution in [1.82, 2.24) is 4.90 Å². The van der Waals surface area contributed by atoms with Gasteiger partial charge in [0.15, 0.2) is 0 Å². The lowest BCUT2D eigenvalue weighted by Crippen LogP contribution is -2.41. The molecule has 1 aromatic rings. The van der Waals surface area contributed by atoms with Gasteiger partial charge in [-0.2, -0.15) is 0 Å². The van der Waals surface area contributed by atoms with E-state index < -0.39 is 10.0 Å². The molecule has 0 spiro atoms. The van der Waals surface area contributed by atoms with Crippen LogP contribution < -0.4 is 9.62 Å². The molecule has 0 unspecified atom stereocenters. The molecule has 1 N–H and O–H groups in total. The average molecular weight is 339 g/mol. The van der Waals surface area contributed by atoms with Gasteiger partial charge in [-0.1, -0.05) is 0 Å².